The zero-order valence-corrected chi connectivity index (χ0v) is 18.1. The molecule has 0 saturated carbocycles. The minimum Gasteiger partial charge on any atom is -0.321 e. The summed E-state index contributed by atoms with van der Waals surface area (Å²) in [5, 5.41) is 12.2. The van der Waals surface area contributed by atoms with Crippen molar-refractivity contribution in [1.82, 2.24) is 15.1 Å². The molecule has 29 heavy (non-hydrogen) atoms. The Balaban J connectivity index is 1.42. The summed E-state index contributed by atoms with van der Waals surface area (Å²) in [5.74, 6) is -0.187. The minimum absolute atomic E-state index is 0.187. The molecule has 3 aromatic rings. The molecular weight excluding hydrogens is 380 g/mol. The van der Waals surface area contributed by atoms with Crippen LogP contribution in [0.2, 0.25) is 0 Å². The highest BCUT2D eigenvalue weighted by Crippen LogP contribution is 2.28. The van der Waals surface area contributed by atoms with Gasteiger partial charge in [-0.05, 0) is 62.8 Å². The average molecular weight is 409 g/mol. The van der Waals surface area contributed by atoms with Gasteiger partial charge in [-0.2, -0.15) is 5.10 Å². The Labute approximate surface area is 176 Å². The van der Waals surface area contributed by atoms with Crippen LogP contribution in [0, 0.1) is 6.92 Å². The Hall–Kier alpha value is -2.44. The van der Waals surface area contributed by atoms with Crippen molar-refractivity contribution in [3.63, 3.8) is 0 Å². The standard InChI is InChI=1S/C23H28N4OS/c1-15-6-4-7-16(2)27(15)14-18-9-11-19(12-10-18)24-23(28)22-17(3)21(25-26-22)20-8-5-13-29-20/h5,8-13,15-16H,4,6-7,14H2,1-3H3,(H,24,28)(H,25,26)/t15-,16-/m0/s1. The maximum Gasteiger partial charge on any atom is 0.276 e. The number of carbonyl (C=O) groups is 1. The minimum atomic E-state index is -0.187. The smallest absolute Gasteiger partial charge is 0.276 e. The lowest BCUT2D eigenvalue weighted by atomic mass is 9.97. The quantitative estimate of drug-likeness (QED) is 0.589. The number of aromatic amines is 1. The van der Waals surface area contributed by atoms with Gasteiger partial charge >= 0.3 is 0 Å². The summed E-state index contributed by atoms with van der Waals surface area (Å²) >= 11 is 1.63. The number of benzene rings is 1. The molecule has 3 heterocycles. The molecule has 0 spiro atoms. The summed E-state index contributed by atoms with van der Waals surface area (Å²) in [7, 11) is 0. The number of amides is 1. The first kappa shape index (κ1) is 19.9. The van der Waals surface area contributed by atoms with Crippen molar-refractivity contribution >= 4 is 22.9 Å². The van der Waals surface area contributed by atoms with Gasteiger partial charge in [0.2, 0.25) is 0 Å². The van der Waals surface area contributed by atoms with Crippen molar-refractivity contribution in [3.8, 4) is 10.6 Å². The van der Waals surface area contributed by atoms with Crippen LogP contribution in [-0.2, 0) is 6.54 Å². The molecule has 1 aromatic carbocycles. The Bertz CT molecular complexity index is 951. The number of carbonyl (C=O) groups excluding carboxylic acids is 1. The number of piperidine rings is 1. The van der Waals surface area contributed by atoms with E-state index in [0.29, 0.717) is 17.8 Å². The normalized spacial score (nSPS) is 20.0. The van der Waals surface area contributed by atoms with Crippen molar-refractivity contribution in [2.24, 2.45) is 0 Å². The molecule has 1 amide bonds. The second kappa shape index (κ2) is 8.51. The molecule has 2 atom stereocenters. The lowest BCUT2D eigenvalue weighted by molar-refractivity contribution is 0.0953. The van der Waals surface area contributed by atoms with Crippen molar-refractivity contribution < 1.29 is 4.79 Å². The number of thiophene rings is 1. The maximum atomic E-state index is 12.7. The average Bonchev–Trinajstić information content (AvgIpc) is 3.35. The van der Waals surface area contributed by atoms with Crippen molar-refractivity contribution in [2.45, 2.75) is 58.7 Å². The van der Waals surface area contributed by atoms with Gasteiger partial charge in [0.15, 0.2) is 5.69 Å². The van der Waals surface area contributed by atoms with Crippen LogP contribution in [0.1, 0.15) is 54.7 Å². The number of aromatic nitrogens is 2. The molecule has 1 aliphatic heterocycles. The van der Waals surface area contributed by atoms with Gasteiger partial charge in [0.05, 0.1) is 10.6 Å². The third-order valence-corrected chi connectivity index (χ3v) is 6.83. The summed E-state index contributed by atoms with van der Waals surface area (Å²) in [6.45, 7) is 7.53. The molecule has 0 radical (unpaired) electrons. The molecule has 6 heteroatoms. The third kappa shape index (κ3) is 4.28. The van der Waals surface area contributed by atoms with Gasteiger partial charge in [-0.25, -0.2) is 0 Å². The molecule has 1 saturated heterocycles. The molecule has 5 nitrogen and oxygen atoms in total. The van der Waals surface area contributed by atoms with Crippen LogP contribution in [0.25, 0.3) is 10.6 Å². The highest BCUT2D eigenvalue weighted by molar-refractivity contribution is 7.13. The zero-order chi connectivity index (χ0) is 20.4. The van der Waals surface area contributed by atoms with E-state index < -0.39 is 0 Å². The lowest BCUT2D eigenvalue weighted by Crippen LogP contribution is -2.42. The van der Waals surface area contributed by atoms with Gasteiger partial charge in [-0.15, -0.1) is 11.3 Å². The van der Waals surface area contributed by atoms with Crippen molar-refractivity contribution in [3.05, 3.63) is 58.6 Å². The zero-order valence-electron chi connectivity index (χ0n) is 17.2. The molecule has 0 bridgehead atoms. The molecular formula is C23H28N4OS. The Morgan fingerprint density at radius 1 is 1.21 bits per heavy atom. The SMILES string of the molecule is Cc1c(C(=O)Nc2ccc(CN3[C@@H](C)CCC[C@@H]3C)cc2)n[nH]c1-c1cccs1. The van der Waals surface area contributed by atoms with Crippen LogP contribution < -0.4 is 5.32 Å². The van der Waals surface area contributed by atoms with E-state index in [1.165, 1.54) is 24.8 Å². The van der Waals surface area contributed by atoms with Gasteiger partial charge in [-0.1, -0.05) is 24.6 Å². The van der Waals surface area contributed by atoms with E-state index in [0.717, 1.165) is 28.4 Å². The van der Waals surface area contributed by atoms with Gasteiger partial charge in [0, 0.05) is 29.9 Å². The first-order chi connectivity index (χ1) is 14.0. The van der Waals surface area contributed by atoms with Crippen LogP contribution in [0.3, 0.4) is 0 Å². The monoisotopic (exact) mass is 408 g/mol. The van der Waals surface area contributed by atoms with Crippen LogP contribution in [0.5, 0.6) is 0 Å². The van der Waals surface area contributed by atoms with Crippen LogP contribution in [-0.4, -0.2) is 33.1 Å². The van der Waals surface area contributed by atoms with Crippen LogP contribution in [0.15, 0.2) is 41.8 Å². The van der Waals surface area contributed by atoms with Gasteiger partial charge in [-0.3, -0.25) is 14.8 Å². The highest BCUT2D eigenvalue weighted by atomic mass is 32.1. The number of hydrogen-bond acceptors (Lipinski definition) is 4. The fraction of sp³-hybridized carbons (Fsp3) is 0.391. The summed E-state index contributed by atoms with van der Waals surface area (Å²) in [6.07, 6.45) is 3.87. The summed E-state index contributed by atoms with van der Waals surface area (Å²) in [6, 6.07) is 13.4. The summed E-state index contributed by atoms with van der Waals surface area (Å²) in [4.78, 5) is 16.4. The first-order valence-corrected chi connectivity index (χ1v) is 11.2. The van der Waals surface area contributed by atoms with Gasteiger partial charge < -0.3 is 5.32 Å². The van der Waals surface area contributed by atoms with Crippen LogP contribution in [0.4, 0.5) is 5.69 Å². The molecule has 1 aliphatic rings. The lowest BCUT2D eigenvalue weighted by Gasteiger charge is -2.39. The Kier molecular flexibility index (Phi) is 5.83. The van der Waals surface area contributed by atoms with E-state index in [4.69, 9.17) is 0 Å². The summed E-state index contributed by atoms with van der Waals surface area (Å²) in [5.41, 5.74) is 4.28. The molecule has 2 aromatic heterocycles. The van der Waals surface area contributed by atoms with Gasteiger partial charge in [0.1, 0.15) is 0 Å². The number of H-pyrrole nitrogens is 1. The number of likely N-dealkylation sites (tertiary alicyclic amines) is 1. The number of hydrogen-bond donors (Lipinski definition) is 2. The molecule has 0 aliphatic carbocycles. The number of rotatable bonds is 5. The fourth-order valence-electron chi connectivity index (χ4n) is 4.16. The number of anilines is 1. The maximum absolute atomic E-state index is 12.7. The topological polar surface area (TPSA) is 61.0 Å². The van der Waals surface area contributed by atoms with E-state index in [1.54, 1.807) is 11.3 Å². The largest absolute Gasteiger partial charge is 0.321 e. The molecule has 2 N–H and O–H groups in total. The van der Waals surface area contributed by atoms with E-state index in [1.807, 2.05) is 36.6 Å². The third-order valence-electron chi connectivity index (χ3n) is 5.95. The molecule has 4 rings (SSSR count). The molecule has 152 valence electrons. The highest BCUT2D eigenvalue weighted by Gasteiger charge is 2.24. The van der Waals surface area contributed by atoms with E-state index in [9.17, 15) is 4.79 Å². The first-order valence-electron chi connectivity index (χ1n) is 10.3. The van der Waals surface area contributed by atoms with Crippen molar-refractivity contribution in [1.29, 1.82) is 0 Å². The number of nitrogens with zero attached hydrogens (tertiary/aromatic N) is 2. The van der Waals surface area contributed by atoms with Gasteiger partial charge in [0.25, 0.3) is 5.91 Å². The second-order valence-corrected chi connectivity index (χ2v) is 8.95. The number of nitrogens with one attached hydrogen (secondary N) is 2. The fourth-order valence-corrected chi connectivity index (χ4v) is 4.94. The predicted molar refractivity (Wildman–Crippen MR) is 119 cm³/mol. The van der Waals surface area contributed by atoms with Crippen molar-refractivity contribution in [2.75, 3.05) is 5.32 Å². The van der Waals surface area contributed by atoms with E-state index in [-0.39, 0.29) is 5.91 Å². The van der Waals surface area contributed by atoms with Crippen LogP contribution >= 0.6 is 11.3 Å². The van der Waals surface area contributed by atoms with E-state index in [2.05, 4.69) is 46.4 Å². The molecule has 0 unspecified atom stereocenters. The predicted octanol–water partition coefficient (Wildman–Crippen LogP) is 5.46. The summed E-state index contributed by atoms with van der Waals surface area (Å²) < 4.78 is 0. The Morgan fingerprint density at radius 3 is 2.59 bits per heavy atom. The molecule has 1 fully saturated rings. The van der Waals surface area contributed by atoms with E-state index >= 15 is 0 Å². The Morgan fingerprint density at radius 2 is 1.93 bits per heavy atom. The second-order valence-electron chi connectivity index (χ2n) is 8.00.